The molecule has 2 rings (SSSR count). The Morgan fingerprint density at radius 1 is 1.19 bits per heavy atom. The fourth-order valence-electron chi connectivity index (χ4n) is 2.15. The van der Waals surface area contributed by atoms with Crippen LogP contribution in [0, 0.1) is 6.92 Å². The first kappa shape index (κ1) is 11.3. The van der Waals surface area contributed by atoms with Crippen molar-refractivity contribution >= 4 is 5.78 Å². The van der Waals surface area contributed by atoms with Gasteiger partial charge in [0.05, 0.1) is 0 Å². The maximum atomic E-state index is 11.9. The Hall–Kier alpha value is -1.15. The topological polar surface area (TPSA) is 20.3 Å². The van der Waals surface area contributed by atoms with Crippen molar-refractivity contribution in [1.29, 1.82) is 0 Å². The maximum Gasteiger partial charge on any atom is 0.164 e. The highest BCUT2D eigenvalue weighted by atomic mass is 16.1. The quantitative estimate of drug-likeness (QED) is 0.723. The van der Waals surface area contributed by atoms with Crippen molar-refractivity contribution in [2.24, 2.45) is 0 Å². The average Bonchev–Trinajstić information content (AvgIpc) is 2.80. The molecule has 1 aliphatic heterocycles. The van der Waals surface area contributed by atoms with Gasteiger partial charge in [0.25, 0.3) is 0 Å². The van der Waals surface area contributed by atoms with Gasteiger partial charge in [0, 0.05) is 18.5 Å². The van der Waals surface area contributed by atoms with E-state index in [0.717, 1.165) is 12.1 Å². The SMILES string of the molecule is Cc1ccc(C(=O)CCN2CCCC2)cc1. The van der Waals surface area contributed by atoms with Gasteiger partial charge in [0.2, 0.25) is 0 Å². The molecule has 0 unspecified atom stereocenters. The van der Waals surface area contributed by atoms with Gasteiger partial charge in [0.15, 0.2) is 5.78 Å². The first-order chi connectivity index (χ1) is 7.75. The number of aryl methyl sites for hydroxylation is 1. The minimum Gasteiger partial charge on any atom is -0.303 e. The fourth-order valence-corrected chi connectivity index (χ4v) is 2.15. The molecule has 0 N–H and O–H groups in total. The van der Waals surface area contributed by atoms with Crippen LogP contribution in [0.1, 0.15) is 35.2 Å². The molecule has 1 aromatic rings. The van der Waals surface area contributed by atoms with Gasteiger partial charge in [-0.2, -0.15) is 0 Å². The normalized spacial score (nSPS) is 16.6. The number of benzene rings is 1. The second-order valence-corrected chi connectivity index (χ2v) is 4.59. The van der Waals surface area contributed by atoms with E-state index >= 15 is 0 Å². The Labute approximate surface area is 97.3 Å². The molecule has 1 fully saturated rings. The van der Waals surface area contributed by atoms with Crippen LogP contribution in [0.5, 0.6) is 0 Å². The van der Waals surface area contributed by atoms with Crippen LogP contribution < -0.4 is 0 Å². The summed E-state index contributed by atoms with van der Waals surface area (Å²) in [5.74, 6) is 0.270. The van der Waals surface area contributed by atoms with E-state index < -0.39 is 0 Å². The number of carbonyl (C=O) groups is 1. The number of Topliss-reactive ketones (excluding diaryl/α,β-unsaturated/α-hetero) is 1. The lowest BCUT2D eigenvalue weighted by molar-refractivity contribution is 0.0969. The lowest BCUT2D eigenvalue weighted by atomic mass is 10.1. The predicted octanol–water partition coefficient (Wildman–Crippen LogP) is 2.66. The number of hydrogen-bond donors (Lipinski definition) is 0. The Bertz CT molecular complexity index is 350. The Kier molecular flexibility index (Phi) is 3.73. The summed E-state index contributed by atoms with van der Waals surface area (Å²) in [6.45, 7) is 5.30. The molecule has 0 radical (unpaired) electrons. The van der Waals surface area contributed by atoms with Crippen LogP contribution >= 0.6 is 0 Å². The third-order valence-corrected chi connectivity index (χ3v) is 3.23. The number of rotatable bonds is 4. The molecule has 2 nitrogen and oxygen atoms in total. The lowest BCUT2D eigenvalue weighted by Gasteiger charge is -2.13. The maximum absolute atomic E-state index is 11.9. The molecule has 0 aliphatic carbocycles. The van der Waals surface area contributed by atoms with Gasteiger partial charge in [0.1, 0.15) is 0 Å². The van der Waals surface area contributed by atoms with E-state index in [1.165, 1.54) is 31.5 Å². The van der Waals surface area contributed by atoms with Gasteiger partial charge in [-0.3, -0.25) is 4.79 Å². The van der Waals surface area contributed by atoms with Crippen LogP contribution in [-0.2, 0) is 0 Å². The summed E-state index contributed by atoms with van der Waals surface area (Å²) in [6, 6.07) is 7.87. The highest BCUT2D eigenvalue weighted by Crippen LogP contribution is 2.10. The highest BCUT2D eigenvalue weighted by Gasteiger charge is 2.13. The van der Waals surface area contributed by atoms with Crippen molar-refractivity contribution in [3.63, 3.8) is 0 Å². The first-order valence-corrected chi connectivity index (χ1v) is 6.08. The molecule has 1 aromatic carbocycles. The van der Waals surface area contributed by atoms with E-state index in [2.05, 4.69) is 4.90 Å². The molecular weight excluding hydrogens is 198 g/mol. The van der Waals surface area contributed by atoms with Crippen molar-refractivity contribution < 1.29 is 4.79 Å². The molecule has 0 spiro atoms. The molecule has 0 aromatic heterocycles. The van der Waals surface area contributed by atoms with Gasteiger partial charge in [-0.25, -0.2) is 0 Å². The highest BCUT2D eigenvalue weighted by molar-refractivity contribution is 5.96. The van der Waals surface area contributed by atoms with E-state index in [4.69, 9.17) is 0 Å². The zero-order valence-electron chi connectivity index (χ0n) is 9.91. The third-order valence-electron chi connectivity index (χ3n) is 3.23. The monoisotopic (exact) mass is 217 g/mol. The number of ketones is 1. The van der Waals surface area contributed by atoms with Crippen LogP contribution in [0.3, 0.4) is 0 Å². The molecule has 1 heterocycles. The zero-order valence-corrected chi connectivity index (χ0v) is 9.91. The minimum atomic E-state index is 0.270. The summed E-state index contributed by atoms with van der Waals surface area (Å²) >= 11 is 0. The fraction of sp³-hybridized carbons (Fsp3) is 0.500. The first-order valence-electron chi connectivity index (χ1n) is 6.08. The Morgan fingerprint density at radius 3 is 2.44 bits per heavy atom. The van der Waals surface area contributed by atoms with Crippen molar-refractivity contribution in [2.75, 3.05) is 19.6 Å². The standard InChI is InChI=1S/C14H19NO/c1-12-4-6-13(7-5-12)14(16)8-11-15-9-2-3-10-15/h4-7H,2-3,8-11H2,1H3. The molecule has 16 heavy (non-hydrogen) atoms. The second kappa shape index (κ2) is 5.26. The summed E-state index contributed by atoms with van der Waals surface area (Å²) < 4.78 is 0. The van der Waals surface area contributed by atoms with Gasteiger partial charge in [-0.1, -0.05) is 29.8 Å². The predicted molar refractivity (Wildman–Crippen MR) is 65.8 cm³/mol. The number of likely N-dealkylation sites (tertiary alicyclic amines) is 1. The van der Waals surface area contributed by atoms with E-state index in [1.807, 2.05) is 31.2 Å². The van der Waals surface area contributed by atoms with Crippen LogP contribution in [0.25, 0.3) is 0 Å². The van der Waals surface area contributed by atoms with E-state index in [0.29, 0.717) is 6.42 Å². The van der Waals surface area contributed by atoms with Crippen LogP contribution in [0.2, 0.25) is 0 Å². The number of hydrogen-bond acceptors (Lipinski definition) is 2. The van der Waals surface area contributed by atoms with Crippen LogP contribution in [0.4, 0.5) is 0 Å². The number of carbonyl (C=O) groups excluding carboxylic acids is 1. The van der Waals surface area contributed by atoms with Gasteiger partial charge >= 0.3 is 0 Å². The van der Waals surface area contributed by atoms with Crippen molar-refractivity contribution in [3.8, 4) is 0 Å². The zero-order chi connectivity index (χ0) is 11.4. The van der Waals surface area contributed by atoms with Crippen LogP contribution in [-0.4, -0.2) is 30.3 Å². The molecule has 1 aliphatic rings. The van der Waals surface area contributed by atoms with Gasteiger partial charge in [-0.15, -0.1) is 0 Å². The summed E-state index contributed by atoms with van der Waals surface area (Å²) in [5.41, 5.74) is 2.06. The Morgan fingerprint density at radius 2 is 1.81 bits per heavy atom. The molecule has 0 atom stereocenters. The lowest BCUT2D eigenvalue weighted by Crippen LogP contribution is -2.22. The Balaban J connectivity index is 1.85. The van der Waals surface area contributed by atoms with Crippen LogP contribution in [0.15, 0.2) is 24.3 Å². The van der Waals surface area contributed by atoms with Crippen molar-refractivity contribution in [1.82, 2.24) is 4.90 Å². The average molecular weight is 217 g/mol. The molecule has 0 saturated carbocycles. The minimum absolute atomic E-state index is 0.270. The molecule has 0 bridgehead atoms. The second-order valence-electron chi connectivity index (χ2n) is 4.59. The van der Waals surface area contributed by atoms with Crippen molar-refractivity contribution in [2.45, 2.75) is 26.2 Å². The summed E-state index contributed by atoms with van der Waals surface area (Å²) in [6.07, 6.45) is 3.24. The largest absolute Gasteiger partial charge is 0.303 e. The molecular formula is C14H19NO. The van der Waals surface area contributed by atoms with Crippen molar-refractivity contribution in [3.05, 3.63) is 35.4 Å². The summed E-state index contributed by atoms with van der Waals surface area (Å²) in [7, 11) is 0. The van der Waals surface area contributed by atoms with Gasteiger partial charge in [-0.05, 0) is 32.9 Å². The third kappa shape index (κ3) is 2.92. The summed E-state index contributed by atoms with van der Waals surface area (Å²) in [4.78, 5) is 14.3. The van der Waals surface area contributed by atoms with E-state index in [1.54, 1.807) is 0 Å². The molecule has 86 valence electrons. The molecule has 1 saturated heterocycles. The van der Waals surface area contributed by atoms with E-state index in [9.17, 15) is 4.79 Å². The summed E-state index contributed by atoms with van der Waals surface area (Å²) in [5, 5.41) is 0. The van der Waals surface area contributed by atoms with E-state index in [-0.39, 0.29) is 5.78 Å². The van der Waals surface area contributed by atoms with Gasteiger partial charge < -0.3 is 4.90 Å². The molecule has 2 heteroatoms. The molecule has 0 amide bonds. The smallest absolute Gasteiger partial charge is 0.164 e. The number of nitrogens with zero attached hydrogens (tertiary/aromatic N) is 1.